The molecule has 0 aliphatic carbocycles. The number of nitrogens with zero attached hydrogens (tertiary/aromatic N) is 4. The van der Waals surface area contributed by atoms with Gasteiger partial charge in [-0.3, -0.25) is 4.89 Å². The summed E-state index contributed by atoms with van der Waals surface area (Å²) in [4.78, 5) is 21.1. The van der Waals surface area contributed by atoms with Gasteiger partial charge in [-0.2, -0.15) is 15.2 Å². The number of carbonyl (C=O) groups is 1. The van der Waals surface area contributed by atoms with Crippen LogP contribution in [0.25, 0.3) is 16.6 Å². The highest BCUT2D eigenvalue weighted by Gasteiger charge is 2.19. The maximum Gasteiger partial charge on any atom is 0.376 e. The summed E-state index contributed by atoms with van der Waals surface area (Å²) in [5, 5.41) is 14.8. The molecule has 0 atom stereocenters. The molecule has 0 saturated heterocycles. The van der Waals surface area contributed by atoms with Crippen LogP contribution in [-0.2, 0) is 16.2 Å². The minimum absolute atomic E-state index is 0.247. The zero-order valence-electron chi connectivity index (χ0n) is 15.2. The van der Waals surface area contributed by atoms with Crippen molar-refractivity contribution in [3.63, 3.8) is 0 Å². The highest BCUT2D eigenvalue weighted by molar-refractivity contribution is 5.91. The highest BCUT2D eigenvalue weighted by atomic mass is 17.2. The minimum atomic E-state index is -0.583. The van der Waals surface area contributed by atoms with E-state index in [-0.39, 0.29) is 6.04 Å². The lowest BCUT2D eigenvalue weighted by molar-refractivity contribution is -0.216. The van der Waals surface area contributed by atoms with Gasteiger partial charge in [0.1, 0.15) is 11.6 Å². The first-order chi connectivity index (χ1) is 12.5. The van der Waals surface area contributed by atoms with Crippen molar-refractivity contribution < 1.29 is 14.6 Å². The summed E-state index contributed by atoms with van der Waals surface area (Å²) >= 11 is 0. The van der Waals surface area contributed by atoms with Crippen molar-refractivity contribution in [3.05, 3.63) is 47.4 Å². The third-order valence-electron chi connectivity index (χ3n) is 4.26. The summed E-state index contributed by atoms with van der Waals surface area (Å²) in [6, 6.07) is 8.28. The molecular formula is C19H20N4O3. The molecule has 2 heterocycles. The van der Waals surface area contributed by atoms with E-state index >= 15 is 0 Å². The van der Waals surface area contributed by atoms with E-state index < -0.39 is 5.97 Å². The van der Waals surface area contributed by atoms with Gasteiger partial charge in [0.05, 0.1) is 24.1 Å². The molecule has 0 N–H and O–H groups in total. The average molecular weight is 352 g/mol. The Bertz CT molecular complexity index is 1010. The fraction of sp³-hybridized carbons (Fsp3) is 0.316. The molecule has 1 aromatic carbocycles. The number of carbonyl (C=O) groups excluding carboxylic acids is 1. The van der Waals surface area contributed by atoms with Crippen LogP contribution in [0, 0.1) is 11.3 Å². The van der Waals surface area contributed by atoms with Crippen LogP contribution in [0.1, 0.15) is 48.4 Å². The summed E-state index contributed by atoms with van der Waals surface area (Å²) in [7, 11) is 1.28. The van der Waals surface area contributed by atoms with Crippen molar-refractivity contribution in [2.75, 3.05) is 7.11 Å². The summed E-state index contributed by atoms with van der Waals surface area (Å²) in [6.07, 6.45) is 4.06. The molecule has 3 rings (SSSR count). The van der Waals surface area contributed by atoms with Crippen molar-refractivity contribution in [1.82, 2.24) is 14.3 Å². The number of hydrogen-bond acceptors (Lipinski definition) is 5. The first-order valence-corrected chi connectivity index (χ1v) is 8.38. The Hall–Kier alpha value is -3.11. The fourth-order valence-corrected chi connectivity index (χ4v) is 3.00. The molecule has 0 fully saturated rings. The molecule has 0 aliphatic rings. The van der Waals surface area contributed by atoms with Gasteiger partial charge in [-0.15, -0.1) is 0 Å². The van der Waals surface area contributed by atoms with Gasteiger partial charge >= 0.3 is 5.97 Å². The van der Waals surface area contributed by atoms with Crippen LogP contribution in [0.4, 0.5) is 0 Å². The predicted molar refractivity (Wildman–Crippen MR) is 96.0 cm³/mol. The number of aromatic nitrogens is 3. The Morgan fingerprint density at radius 2 is 2.12 bits per heavy atom. The smallest absolute Gasteiger partial charge is 0.344 e. The predicted octanol–water partition coefficient (Wildman–Crippen LogP) is 3.56. The molecule has 3 aromatic rings. The first-order valence-electron chi connectivity index (χ1n) is 8.38. The maximum absolute atomic E-state index is 12.0. The van der Waals surface area contributed by atoms with E-state index in [1.54, 1.807) is 10.9 Å². The standard InChI is InChI=1S/C19H20N4O3/c1-5-17-16(19(24)26-25-4)11-23(21-17)14-6-7-18-15(8-14)13(9-20)10-22(18)12(2)3/h6-8,10-12H,5H2,1-4H3. The van der Waals surface area contributed by atoms with Crippen LogP contribution in [0.3, 0.4) is 0 Å². The van der Waals surface area contributed by atoms with E-state index in [9.17, 15) is 10.1 Å². The van der Waals surface area contributed by atoms with Crippen molar-refractivity contribution in [3.8, 4) is 11.8 Å². The minimum Gasteiger partial charge on any atom is -0.344 e. The van der Waals surface area contributed by atoms with Crippen molar-refractivity contribution >= 4 is 16.9 Å². The average Bonchev–Trinajstić information content (AvgIpc) is 3.22. The molecule has 0 spiro atoms. The van der Waals surface area contributed by atoms with Crippen molar-refractivity contribution in [1.29, 1.82) is 5.26 Å². The number of benzene rings is 1. The summed E-state index contributed by atoms with van der Waals surface area (Å²) < 4.78 is 3.69. The molecule has 7 heteroatoms. The van der Waals surface area contributed by atoms with E-state index in [4.69, 9.17) is 0 Å². The normalized spacial score (nSPS) is 11.1. The Labute approximate surface area is 151 Å². The molecule has 0 aliphatic heterocycles. The first kappa shape index (κ1) is 17.7. The van der Waals surface area contributed by atoms with Gasteiger partial charge in [0.2, 0.25) is 0 Å². The fourth-order valence-electron chi connectivity index (χ4n) is 3.00. The van der Waals surface area contributed by atoms with E-state index in [0.717, 1.165) is 16.6 Å². The molecule has 7 nitrogen and oxygen atoms in total. The topological polar surface area (TPSA) is 82.1 Å². The second kappa shape index (κ2) is 7.02. The Balaban J connectivity index is 2.12. The quantitative estimate of drug-likeness (QED) is 0.518. The second-order valence-corrected chi connectivity index (χ2v) is 6.18. The lowest BCUT2D eigenvalue weighted by atomic mass is 10.1. The van der Waals surface area contributed by atoms with Crippen LogP contribution in [0.2, 0.25) is 0 Å². The Morgan fingerprint density at radius 1 is 1.35 bits per heavy atom. The van der Waals surface area contributed by atoms with Crippen LogP contribution < -0.4 is 0 Å². The number of nitriles is 1. The van der Waals surface area contributed by atoms with Gasteiger partial charge in [-0.1, -0.05) is 6.92 Å². The molecular weight excluding hydrogens is 332 g/mol. The summed E-state index contributed by atoms with van der Waals surface area (Å²) in [6.45, 7) is 6.06. The lowest BCUT2D eigenvalue weighted by Crippen LogP contribution is -2.05. The van der Waals surface area contributed by atoms with Gasteiger partial charge in [-0.05, 0) is 38.5 Å². The molecule has 26 heavy (non-hydrogen) atoms. The molecule has 2 aromatic heterocycles. The third kappa shape index (κ3) is 2.95. The molecule has 0 amide bonds. The van der Waals surface area contributed by atoms with Crippen LogP contribution in [0.15, 0.2) is 30.6 Å². The van der Waals surface area contributed by atoms with E-state index in [2.05, 4.69) is 39.4 Å². The van der Waals surface area contributed by atoms with Crippen LogP contribution in [-0.4, -0.2) is 27.4 Å². The van der Waals surface area contributed by atoms with Gasteiger partial charge in [0.25, 0.3) is 0 Å². The number of hydrogen-bond donors (Lipinski definition) is 0. The Morgan fingerprint density at radius 3 is 2.73 bits per heavy atom. The summed E-state index contributed by atoms with van der Waals surface area (Å²) in [5.41, 5.74) is 3.34. The van der Waals surface area contributed by atoms with Gasteiger partial charge in [0, 0.05) is 29.3 Å². The number of aryl methyl sites for hydroxylation is 1. The molecule has 0 radical (unpaired) electrons. The van der Waals surface area contributed by atoms with Gasteiger partial charge in [0.15, 0.2) is 0 Å². The summed E-state index contributed by atoms with van der Waals surface area (Å²) in [5.74, 6) is -0.583. The highest BCUT2D eigenvalue weighted by Crippen LogP contribution is 2.27. The van der Waals surface area contributed by atoms with Crippen molar-refractivity contribution in [2.45, 2.75) is 33.2 Å². The second-order valence-electron chi connectivity index (χ2n) is 6.18. The molecule has 0 unspecified atom stereocenters. The third-order valence-corrected chi connectivity index (χ3v) is 4.26. The van der Waals surface area contributed by atoms with Gasteiger partial charge < -0.3 is 4.57 Å². The lowest BCUT2D eigenvalue weighted by Gasteiger charge is -2.09. The zero-order valence-corrected chi connectivity index (χ0v) is 15.2. The van der Waals surface area contributed by atoms with E-state index in [0.29, 0.717) is 23.2 Å². The zero-order chi connectivity index (χ0) is 18.8. The molecule has 0 bridgehead atoms. The van der Waals surface area contributed by atoms with E-state index in [1.807, 2.05) is 31.3 Å². The van der Waals surface area contributed by atoms with E-state index in [1.165, 1.54) is 7.11 Å². The largest absolute Gasteiger partial charge is 0.376 e. The number of rotatable bonds is 5. The molecule has 0 saturated carbocycles. The van der Waals surface area contributed by atoms with Crippen LogP contribution >= 0.6 is 0 Å². The molecule has 134 valence electrons. The van der Waals surface area contributed by atoms with Crippen LogP contribution in [0.5, 0.6) is 0 Å². The maximum atomic E-state index is 12.0. The monoisotopic (exact) mass is 352 g/mol. The SMILES string of the molecule is CCc1nn(-c2ccc3c(c2)c(C#N)cn3C(C)C)cc1C(=O)OOC. The van der Waals surface area contributed by atoms with Gasteiger partial charge in [-0.25, -0.2) is 9.48 Å². The number of fused-ring (bicyclic) bond motifs is 1. The van der Waals surface area contributed by atoms with Crippen molar-refractivity contribution in [2.24, 2.45) is 0 Å². The Kier molecular flexibility index (Phi) is 4.78.